The van der Waals surface area contributed by atoms with Crippen LogP contribution in [0.25, 0.3) is 5.69 Å². The number of aromatic nitrogens is 4. The number of aryl methyl sites for hydroxylation is 1. The van der Waals surface area contributed by atoms with Crippen LogP contribution in [0.5, 0.6) is 0 Å². The van der Waals surface area contributed by atoms with E-state index in [0.717, 1.165) is 28.6 Å². The van der Waals surface area contributed by atoms with Crippen LogP contribution < -0.4 is 5.32 Å². The van der Waals surface area contributed by atoms with E-state index < -0.39 is 0 Å². The van der Waals surface area contributed by atoms with Crippen molar-refractivity contribution >= 4 is 5.69 Å². The summed E-state index contributed by atoms with van der Waals surface area (Å²) >= 11 is 0. The SMILES string of the molecule is Cc1nn(-c2ccccc2)c(C)c1N[C@@H](C)c1nc(C2CC2)no1. The van der Waals surface area contributed by atoms with Crippen LogP contribution in [0.1, 0.15) is 54.8 Å². The van der Waals surface area contributed by atoms with Gasteiger partial charge in [-0.3, -0.25) is 0 Å². The second kappa shape index (κ2) is 5.78. The first kappa shape index (κ1) is 14.9. The molecule has 3 aromatic rings. The summed E-state index contributed by atoms with van der Waals surface area (Å²) in [5.41, 5.74) is 4.07. The Bertz CT molecular complexity index is 848. The average Bonchev–Trinajstić information content (AvgIpc) is 3.26. The Morgan fingerprint density at radius 1 is 1.21 bits per heavy atom. The predicted molar refractivity (Wildman–Crippen MR) is 91.3 cm³/mol. The highest BCUT2D eigenvalue weighted by molar-refractivity contribution is 5.55. The van der Waals surface area contributed by atoms with Crippen molar-refractivity contribution in [1.82, 2.24) is 19.9 Å². The molecule has 1 aromatic carbocycles. The van der Waals surface area contributed by atoms with Crippen molar-refractivity contribution in [3.05, 3.63) is 53.4 Å². The maximum atomic E-state index is 5.42. The lowest BCUT2D eigenvalue weighted by Crippen LogP contribution is -2.09. The van der Waals surface area contributed by atoms with E-state index in [1.807, 2.05) is 48.9 Å². The van der Waals surface area contributed by atoms with Gasteiger partial charge in [-0.15, -0.1) is 0 Å². The molecule has 6 nitrogen and oxygen atoms in total. The molecule has 0 radical (unpaired) electrons. The Balaban J connectivity index is 1.58. The van der Waals surface area contributed by atoms with E-state index in [1.165, 1.54) is 12.8 Å². The molecule has 0 saturated heterocycles. The van der Waals surface area contributed by atoms with Crippen LogP contribution in [0.2, 0.25) is 0 Å². The lowest BCUT2D eigenvalue weighted by Gasteiger charge is -2.12. The van der Waals surface area contributed by atoms with Crippen LogP contribution in [-0.4, -0.2) is 19.9 Å². The van der Waals surface area contributed by atoms with Crippen LogP contribution in [0.15, 0.2) is 34.9 Å². The van der Waals surface area contributed by atoms with Gasteiger partial charge in [0, 0.05) is 5.92 Å². The van der Waals surface area contributed by atoms with Crippen LogP contribution in [0, 0.1) is 13.8 Å². The minimum Gasteiger partial charge on any atom is -0.371 e. The molecule has 1 aliphatic carbocycles. The van der Waals surface area contributed by atoms with Gasteiger partial charge in [-0.05, 0) is 45.7 Å². The van der Waals surface area contributed by atoms with Gasteiger partial charge < -0.3 is 9.84 Å². The second-order valence-electron chi connectivity index (χ2n) is 6.42. The van der Waals surface area contributed by atoms with Gasteiger partial charge >= 0.3 is 0 Å². The highest BCUT2D eigenvalue weighted by Crippen LogP contribution is 2.38. The predicted octanol–water partition coefficient (Wildman–Crippen LogP) is 3.92. The fourth-order valence-electron chi connectivity index (χ4n) is 2.88. The molecule has 1 saturated carbocycles. The number of rotatable bonds is 5. The van der Waals surface area contributed by atoms with Gasteiger partial charge in [0.1, 0.15) is 6.04 Å². The maximum absolute atomic E-state index is 5.42. The summed E-state index contributed by atoms with van der Waals surface area (Å²) in [5, 5.41) is 12.2. The van der Waals surface area contributed by atoms with Crippen molar-refractivity contribution in [1.29, 1.82) is 0 Å². The number of para-hydroxylation sites is 1. The first-order valence-corrected chi connectivity index (χ1v) is 8.35. The third-order valence-corrected chi connectivity index (χ3v) is 4.42. The van der Waals surface area contributed by atoms with Crippen molar-refractivity contribution in [3.63, 3.8) is 0 Å². The minimum absolute atomic E-state index is 0.0594. The van der Waals surface area contributed by atoms with Crippen LogP contribution >= 0.6 is 0 Å². The molecule has 0 bridgehead atoms. The van der Waals surface area contributed by atoms with Gasteiger partial charge in [0.15, 0.2) is 5.82 Å². The largest absolute Gasteiger partial charge is 0.371 e. The van der Waals surface area contributed by atoms with Crippen molar-refractivity contribution < 1.29 is 4.52 Å². The highest BCUT2D eigenvalue weighted by Gasteiger charge is 2.29. The highest BCUT2D eigenvalue weighted by atomic mass is 16.5. The molecule has 0 spiro atoms. The molecule has 1 atom stereocenters. The summed E-state index contributed by atoms with van der Waals surface area (Å²) in [4.78, 5) is 4.53. The topological polar surface area (TPSA) is 68.8 Å². The average molecular weight is 323 g/mol. The zero-order chi connectivity index (χ0) is 16.7. The van der Waals surface area contributed by atoms with Crippen LogP contribution in [0.4, 0.5) is 5.69 Å². The van der Waals surface area contributed by atoms with Crippen LogP contribution in [-0.2, 0) is 0 Å². The first-order valence-electron chi connectivity index (χ1n) is 8.35. The molecule has 6 heteroatoms. The number of nitrogens with zero attached hydrogens (tertiary/aromatic N) is 4. The van der Waals surface area contributed by atoms with Crippen molar-refractivity contribution in [2.75, 3.05) is 5.32 Å². The van der Waals surface area contributed by atoms with E-state index in [4.69, 9.17) is 4.52 Å². The summed E-state index contributed by atoms with van der Waals surface area (Å²) < 4.78 is 7.37. The van der Waals surface area contributed by atoms with E-state index >= 15 is 0 Å². The third kappa shape index (κ3) is 2.68. The molecule has 2 heterocycles. The van der Waals surface area contributed by atoms with E-state index in [9.17, 15) is 0 Å². The van der Waals surface area contributed by atoms with Gasteiger partial charge in [0.2, 0.25) is 5.89 Å². The van der Waals surface area contributed by atoms with Gasteiger partial charge in [0.25, 0.3) is 0 Å². The molecule has 1 aliphatic rings. The third-order valence-electron chi connectivity index (χ3n) is 4.42. The Labute approximate surface area is 140 Å². The summed E-state index contributed by atoms with van der Waals surface area (Å²) in [6.45, 7) is 6.10. The van der Waals surface area contributed by atoms with Gasteiger partial charge in [0.05, 0.1) is 22.8 Å². The Hall–Kier alpha value is -2.63. The summed E-state index contributed by atoms with van der Waals surface area (Å²) in [6, 6.07) is 10.1. The normalized spacial score (nSPS) is 15.5. The molecular formula is C18H21N5O. The van der Waals surface area contributed by atoms with E-state index in [2.05, 4.69) is 27.5 Å². The molecule has 0 aliphatic heterocycles. The van der Waals surface area contributed by atoms with E-state index in [-0.39, 0.29) is 6.04 Å². The quantitative estimate of drug-likeness (QED) is 0.770. The molecular weight excluding hydrogens is 302 g/mol. The zero-order valence-electron chi connectivity index (χ0n) is 14.2. The fraction of sp³-hybridized carbons (Fsp3) is 0.389. The summed E-state index contributed by atoms with van der Waals surface area (Å²) in [6.07, 6.45) is 2.34. The monoisotopic (exact) mass is 323 g/mol. The molecule has 0 unspecified atom stereocenters. The first-order chi connectivity index (χ1) is 11.6. The molecule has 4 rings (SSSR count). The number of anilines is 1. The number of hydrogen-bond acceptors (Lipinski definition) is 5. The zero-order valence-corrected chi connectivity index (χ0v) is 14.2. The standard InChI is InChI=1S/C18H21N5O/c1-11-16(13(3)23(21-11)15-7-5-4-6-8-15)19-12(2)18-20-17(22-24-18)14-9-10-14/h4-8,12,14,19H,9-10H2,1-3H3/t12-/m0/s1. The second-order valence-corrected chi connectivity index (χ2v) is 6.42. The van der Waals surface area contributed by atoms with Gasteiger partial charge in [-0.1, -0.05) is 23.4 Å². The number of nitrogens with one attached hydrogen (secondary N) is 1. The molecule has 124 valence electrons. The Morgan fingerprint density at radius 2 is 1.96 bits per heavy atom. The lowest BCUT2D eigenvalue weighted by molar-refractivity contribution is 0.363. The van der Waals surface area contributed by atoms with Crippen molar-refractivity contribution in [3.8, 4) is 5.69 Å². The smallest absolute Gasteiger partial charge is 0.248 e. The molecule has 1 fully saturated rings. The maximum Gasteiger partial charge on any atom is 0.248 e. The van der Waals surface area contributed by atoms with Crippen LogP contribution in [0.3, 0.4) is 0 Å². The lowest BCUT2D eigenvalue weighted by atomic mass is 10.2. The summed E-state index contributed by atoms with van der Waals surface area (Å²) in [5.74, 6) is 1.97. The molecule has 24 heavy (non-hydrogen) atoms. The number of hydrogen-bond donors (Lipinski definition) is 1. The Kier molecular flexibility index (Phi) is 3.59. The van der Waals surface area contributed by atoms with E-state index in [1.54, 1.807) is 0 Å². The Morgan fingerprint density at radius 3 is 2.67 bits per heavy atom. The van der Waals surface area contributed by atoms with Gasteiger partial charge in [-0.25, -0.2) is 4.68 Å². The van der Waals surface area contributed by atoms with Crippen molar-refractivity contribution in [2.45, 2.75) is 45.6 Å². The van der Waals surface area contributed by atoms with Gasteiger partial charge in [-0.2, -0.15) is 10.1 Å². The van der Waals surface area contributed by atoms with E-state index in [0.29, 0.717) is 11.8 Å². The van der Waals surface area contributed by atoms with Crippen molar-refractivity contribution in [2.24, 2.45) is 0 Å². The molecule has 2 aromatic heterocycles. The summed E-state index contributed by atoms with van der Waals surface area (Å²) in [7, 11) is 0. The molecule has 1 N–H and O–H groups in total. The molecule has 0 amide bonds. The number of benzene rings is 1. The minimum atomic E-state index is -0.0594. The fourth-order valence-corrected chi connectivity index (χ4v) is 2.88.